The fourth-order valence-electron chi connectivity index (χ4n) is 4.28. The van der Waals surface area contributed by atoms with E-state index in [0.29, 0.717) is 22.5 Å². The Bertz CT molecular complexity index is 1250. The number of thiophene rings is 1. The molecule has 10 heteroatoms. The smallest absolute Gasteiger partial charge is 0.290 e. The number of thioether (sulfide) groups is 1. The van der Waals surface area contributed by atoms with E-state index in [9.17, 15) is 9.59 Å². The van der Waals surface area contributed by atoms with E-state index in [1.807, 2.05) is 0 Å². The molecule has 0 unspecified atom stereocenters. The number of imide groups is 1. The van der Waals surface area contributed by atoms with Crippen molar-refractivity contribution in [1.82, 2.24) is 25.6 Å². The Morgan fingerprint density at radius 3 is 2.80 bits per heavy atom. The molecule has 8 nitrogen and oxygen atoms in total. The lowest BCUT2D eigenvalue weighted by molar-refractivity contribution is -0.115. The summed E-state index contributed by atoms with van der Waals surface area (Å²) in [5, 5.41) is 9.72. The minimum Gasteiger partial charge on any atom is -0.341 e. The summed E-state index contributed by atoms with van der Waals surface area (Å²) in [6.07, 6.45) is 5.43. The molecule has 0 atom stereocenters. The number of aromatic nitrogens is 3. The molecule has 2 amide bonds. The number of pyridine rings is 1. The van der Waals surface area contributed by atoms with Crippen molar-refractivity contribution in [3.8, 4) is 11.3 Å². The maximum atomic E-state index is 11.8. The van der Waals surface area contributed by atoms with Gasteiger partial charge < -0.3 is 10.2 Å². The molecule has 0 aliphatic carbocycles. The number of anilines is 1. The van der Waals surface area contributed by atoms with Crippen molar-refractivity contribution >= 4 is 46.3 Å². The number of hydrogen-bond acceptors (Lipinski definition) is 9. The van der Waals surface area contributed by atoms with Crippen molar-refractivity contribution < 1.29 is 9.59 Å². The summed E-state index contributed by atoms with van der Waals surface area (Å²) in [6.45, 7) is 5.58. The van der Waals surface area contributed by atoms with Crippen LogP contribution >= 0.6 is 23.1 Å². The third-order valence-electron chi connectivity index (χ3n) is 6.06. The van der Waals surface area contributed by atoms with Gasteiger partial charge in [0.25, 0.3) is 11.1 Å². The van der Waals surface area contributed by atoms with Crippen LogP contribution < -0.4 is 15.5 Å². The second-order valence-corrected chi connectivity index (χ2v) is 10.5. The molecule has 0 bridgehead atoms. The van der Waals surface area contributed by atoms with E-state index in [2.05, 4.69) is 61.4 Å². The highest BCUT2D eigenvalue weighted by atomic mass is 32.2. The average molecular weight is 507 g/mol. The molecular weight excluding hydrogens is 480 g/mol. The van der Waals surface area contributed by atoms with Crippen LogP contribution in [0.1, 0.15) is 29.8 Å². The zero-order valence-corrected chi connectivity index (χ0v) is 21.0. The normalized spacial score (nSPS) is 17.9. The van der Waals surface area contributed by atoms with Gasteiger partial charge >= 0.3 is 0 Å². The molecule has 5 rings (SSSR count). The summed E-state index contributed by atoms with van der Waals surface area (Å²) in [4.78, 5) is 39.6. The zero-order valence-electron chi connectivity index (χ0n) is 19.4. The number of amides is 2. The summed E-state index contributed by atoms with van der Waals surface area (Å²) in [5.74, 6) is 0.866. The van der Waals surface area contributed by atoms with Crippen LogP contribution in [0.15, 0.2) is 46.1 Å². The van der Waals surface area contributed by atoms with Gasteiger partial charge in [0.15, 0.2) is 0 Å². The first-order valence-electron chi connectivity index (χ1n) is 11.6. The molecule has 2 N–H and O–H groups in total. The predicted octanol–water partition coefficient (Wildman–Crippen LogP) is 4.24. The first-order valence-corrected chi connectivity index (χ1v) is 13.3. The Morgan fingerprint density at radius 2 is 2.06 bits per heavy atom. The van der Waals surface area contributed by atoms with Crippen LogP contribution in [0.4, 0.5) is 10.7 Å². The topological polar surface area (TPSA) is 100 Å². The third kappa shape index (κ3) is 5.95. The molecule has 2 fully saturated rings. The Labute approximate surface area is 212 Å². The van der Waals surface area contributed by atoms with Gasteiger partial charge in [0.2, 0.25) is 5.95 Å². The van der Waals surface area contributed by atoms with E-state index in [1.165, 1.54) is 11.1 Å². The SMILES string of the molecule is Cc1cc(CNCC2CCN(c3nccc(C=C4SC(=O)NC4=O)n3)CC2)nc(-c2ccsc2)c1. The summed E-state index contributed by atoms with van der Waals surface area (Å²) in [5.41, 5.74) is 5.13. The van der Waals surface area contributed by atoms with Gasteiger partial charge in [-0.05, 0) is 85.3 Å². The highest BCUT2D eigenvalue weighted by molar-refractivity contribution is 8.18. The molecule has 180 valence electrons. The lowest BCUT2D eigenvalue weighted by Crippen LogP contribution is -2.38. The van der Waals surface area contributed by atoms with E-state index in [-0.39, 0.29) is 11.1 Å². The maximum Gasteiger partial charge on any atom is 0.290 e. The molecule has 0 spiro atoms. The molecule has 0 aromatic carbocycles. The number of rotatable bonds is 7. The van der Waals surface area contributed by atoms with Crippen molar-refractivity contribution in [2.24, 2.45) is 5.92 Å². The Balaban J connectivity index is 1.12. The Hall–Kier alpha value is -3.08. The molecule has 3 aromatic heterocycles. The Kier molecular flexibility index (Phi) is 7.21. The minimum absolute atomic E-state index is 0.354. The molecule has 3 aromatic rings. The number of carbonyl (C=O) groups excluding carboxylic acids is 2. The number of nitrogens with zero attached hydrogens (tertiary/aromatic N) is 4. The van der Waals surface area contributed by atoms with E-state index in [0.717, 1.165) is 62.2 Å². The van der Waals surface area contributed by atoms with Crippen molar-refractivity contribution in [2.75, 3.05) is 24.5 Å². The summed E-state index contributed by atoms with van der Waals surface area (Å²) in [7, 11) is 0. The molecule has 35 heavy (non-hydrogen) atoms. The van der Waals surface area contributed by atoms with Crippen LogP contribution in [-0.2, 0) is 11.3 Å². The summed E-state index contributed by atoms with van der Waals surface area (Å²) in [6, 6.07) is 8.14. The van der Waals surface area contributed by atoms with Crippen molar-refractivity contribution in [3.05, 3.63) is 63.1 Å². The van der Waals surface area contributed by atoms with Gasteiger partial charge in [-0.3, -0.25) is 19.9 Å². The van der Waals surface area contributed by atoms with Crippen LogP contribution in [0.5, 0.6) is 0 Å². The highest BCUT2D eigenvalue weighted by Gasteiger charge is 2.25. The van der Waals surface area contributed by atoms with Crippen molar-refractivity contribution in [2.45, 2.75) is 26.3 Å². The van der Waals surface area contributed by atoms with Crippen LogP contribution in [0.2, 0.25) is 0 Å². The molecule has 5 heterocycles. The highest BCUT2D eigenvalue weighted by Crippen LogP contribution is 2.26. The first-order chi connectivity index (χ1) is 17.0. The van der Waals surface area contributed by atoms with Gasteiger partial charge in [0, 0.05) is 36.8 Å². The van der Waals surface area contributed by atoms with Gasteiger partial charge in [-0.15, -0.1) is 0 Å². The van der Waals surface area contributed by atoms with Gasteiger partial charge in [-0.1, -0.05) is 0 Å². The predicted molar refractivity (Wildman–Crippen MR) is 140 cm³/mol. The van der Waals surface area contributed by atoms with Crippen LogP contribution in [-0.4, -0.2) is 45.7 Å². The van der Waals surface area contributed by atoms with Crippen molar-refractivity contribution in [3.63, 3.8) is 0 Å². The van der Waals surface area contributed by atoms with Crippen LogP contribution in [0.25, 0.3) is 17.3 Å². The number of piperidine rings is 1. The number of hydrogen-bond donors (Lipinski definition) is 2. The van der Waals surface area contributed by atoms with Crippen LogP contribution in [0, 0.1) is 12.8 Å². The van der Waals surface area contributed by atoms with Crippen molar-refractivity contribution in [1.29, 1.82) is 0 Å². The molecule has 2 aliphatic heterocycles. The number of carbonyl (C=O) groups is 2. The van der Waals surface area contributed by atoms with E-state index in [1.54, 1.807) is 29.7 Å². The molecule has 0 saturated carbocycles. The second kappa shape index (κ2) is 10.7. The van der Waals surface area contributed by atoms with Gasteiger partial charge in [-0.25, -0.2) is 9.97 Å². The molecular formula is C25H26N6O2S2. The minimum atomic E-state index is -0.378. The molecule has 2 aliphatic rings. The van der Waals surface area contributed by atoms with E-state index >= 15 is 0 Å². The van der Waals surface area contributed by atoms with Crippen LogP contribution in [0.3, 0.4) is 0 Å². The van der Waals surface area contributed by atoms with Gasteiger partial charge in [0.05, 0.1) is 22.0 Å². The largest absolute Gasteiger partial charge is 0.341 e. The fourth-order valence-corrected chi connectivity index (χ4v) is 5.60. The number of nitrogens with one attached hydrogen (secondary N) is 2. The number of aryl methyl sites for hydroxylation is 1. The summed E-state index contributed by atoms with van der Waals surface area (Å²) < 4.78 is 0. The lowest BCUT2D eigenvalue weighted by Gasteiger charge is -2.32. The maximum absolute atomic E-state index is 11.8. The second-order valence-electron chi connectivity index (χ2n) is 8.73. The fraction of sp³-hybridized carbons (Fsp3) is 0.320. The van der Waals surface area contributed by atoms with Gasteiger partial charge in [0.1, 0.15) is 0 Å². The molecule has 2 saturated heterocycles. The third-order valence-corrected chi connectivity index (χ3v) is 7.56. The monoisotopic (exact) mass is 506 g/mol. The van der Waals surface area contributed by atoms with E-state index < -0.39 is 0 Å². The quantitative estimate of drug-likeness (QED) is 0.459. The molecule has 0 radical (unpaired) electrons. The summed E-state index contributed by atoms with van der Waals surface area (Å²) >= 11 is 2.58. The van der Waals surface area contributed by atoms with E-state index in [4.69, 9.17) is 4.98 Å². The first kappa shape index (κ1) is 23.7. The zero-order chi connectivity index (χ0) is 24.2. The van der Waals surface area contributed by atoms with Gasteiger partial charge in [-0.2, -0.15) is 11.3 Å². The lowest BCUT2D eigenvalue weighted by atomic mass is 9.97. The Morgan fingerprint density at radius 1 is 1.20 bits per heavy atom. The average Bonchev–Trinajstić information content (AvgIpc) is 3.49. The standard InChI is InChI=1S/C25H26N6O2S2/c1-16-10-20(28-21(11-16)18-5-9-34-15-18)14-26-13-17-3-7-31(8-4-17)24-27-6-2-19(29-24)12-22-23(32)30-25(33)35-22/h2,5-6,9-12,15,17,26H,3-4,7-8,13-14H2,1H3,(H,30,32,33).